The zero-order valence-corrected chi connectivity index (χ0v) is 17.9. The van der Waals surface area contributed by atoms with E-state index in [4.69, 9.17) is 23.2 Å². The molecule has 2 amide bonds. The minimum Gasteiger partial charge on any atom is -0.355 e. The summed E-state index contributed by atoms with van der Waals surface area (Å²) in [5.41, 5.74) is 1.61. The van der Waals surface area contributed by atoms with Crippen molar-refractivity contribution in [2.45, 2.75) is 12.8 Å². The summed E-state index contributed by atoms with van der Waals surface area (Å²) < 4.78 is 0.866. The number of carbonyl (C=O) groups excluding carboxylic acids is 3. The summed E-state index contributed by atoms with van der Waals surface area (Å²) in [6.45, 7) is 0.452. The fourth-order valence-electron chi connectivity index (χ4n) is 3.00. The van der Waals surface area contributed by atoms with Crippen LogP contribution in [0.3, 0.4) is 0 Å². The lowest BCUT2D eigenvalue weighted by Crippen LogP contribution is -2.36. The van der Waals surface area contributed by atoms with Gasteiger partial charge in [0.15, 0.2) is 0 Å². The van der Waals surface area contributed by atoms with Crippen LogP contribution in [-0.2, 0) is 20.8 Å². The smallest absolute Gasteiger partial charge is 0.295 e. The van der Waals surface area contributed by atoms with Crippen LogP contribution in [0, 0.1) is 5.92 Å². The predicted octanol–water partition coefficient (Wildman–Crippen LogP) is 4.04. The first-order valence-electron chi connectivity index (χ1n) is 8.69. The molecule has 28 heavy (non-hydrogen) atoms. The third-order valence-electron chi connectivity index (χ3n) is 4.52. The van der Waals surface area contributed by atoms with Crippen molar-refractivity contribution in [3.8, 4) is 0 Å². The van der Waals surface area contributed by atoms with Crippen LogP contribution in [0.4, 0.5) is 5.69 Å². The van der Waals surface area contributed by atoms with Gasteiger partial charge in [-0.05, 0) is 54.8 Å². The van der Waals surface area contributed by atoms with Gasteiger partial charge in [-0.15, -0.1) is 0 Å². The molecule has 1 unspecified atom stereocenters. The molecule has 0 aliphatic carbocycles. The SMILES string of the molecule is O=C(NCCCc1ccc(Cl)c(Cl)c1)C1CN(c2ccc(Br)cc2)C(=O)C1=O. The van der Waals surface area contributed by atoms with E-state index in [1.54, 1.807) is 36.4 Å². The fraction of sp³-hybridized carbons (Fsp3) is 0.250. The minimum absolute atomic E-state index is 0.0535. The van der Waals surface area contributed by atoms with Gasteiger partial charge in [-0.25, -0.2) is 0 Å². The molecule has 2 aromatic carbocycles. The van der Waals surface area contributed by atoms with Gasteiger partial charge in [0.25, 0.3) is 5.91 Å². The van der Waals surface area contributed by atoms with E-state index in [9.17, 15) is 14.4 Å². The molecule has 1 heterocycles. The van der Waals surface area contributed by atoms with Crippen molar-refractivity contribution in [2.75, 3.05) is 18.0 Å². The van der Waals surface area contributed by atoms with Crippen molar-refractivity contribution >= 4 is 62.4 Å². The van der Waals surface area contributed by atoms with Gasteiger partial charge in [0.1, 0.15) is 5.92 Å². The zero-order chi connectivity index (χ0) is 20.3. The Labute approximate surface area is 181 Å². The Morgan fingerprint density at radius 3 is 2.50 bits per heavy atom. The van der Waals surface area contributed by atoms with Crippen LogP contribution < -0.4 is 10.2 Å². The minimum atomic E-state index is -0.985. The van der Waals surface area contributed by atoms with Gasteiger partial charge >= 0.3 is 0 Å². The monoisotopic (exact) mass is 482 g/mol. The predicted molar refractivity (Wildman–Crippen MR) is 113 cm³/mol. The van der Waals surface area contributed by atoms with Crippen LogP contribution in [0.5, 0.6) is 0 Å². The lowest BCUT2D eigenvalue weighted by atomic mass is 10.1. The molecule has 1 N–H and O–H groups in total. The summed E-state index contributed by atoms with van der Waals surface area (Å²) in [6, 6.07) is 12.4. The highest BCUT2D eigenvalue weighted by molar-refractivity contribution is 9.10. The lowest BCUT2D eigenvalue weighted by Gasteiger charge is -2.15. The van der Waals surface area contributed by atoms with Crippen LogP contribution in [0.15, 0.2) is 46.9 Å². The van der Waals surface area contributed by atoms with E-state index in [1.807, 2.05) is 6.07 Å². The van der Waals surface area contributed by atoms with E-state index in [-0.39, 0.29) is 6.54 Å². The van der Waals surface area contributed by atoms with Crippen molar-refractivity contribution in [1.29, 1.82) is 0 Å². The molecule has 1 saturated heterocycles. The molecule has 1 fully saturated rings. The summed E-state index contributed by atoms with van der Waals surface area (Å²) >= 11 is 15.2. The van der Waals surface area contributed by atoms with Crippen LogP contribution in [0.2, 0.25) is 10.0 Å². The molecule has 3 rings (SSSR count). The number of benzene rings is 2. The van der Waals surface area contributed by atoms with Crippen molar-refractivity contribution in [3.63, 3.8) is 0 Å². The Morgan fingerprint density at radius 1 is 1.11 bits per heavy atom. The Morgan fingerprint density at radius 2 is 1.82 bits per heavy atom. The number of anilines is 1. The maximum atomic E-state index is 12.4. The number of nitrogens with one attached hydrogen (secondary N) is 1. The summed E-state index contributed by atoms with van der Waals surface area (Å²) in [7, 11) is 0. The third kappa shape index (κ3) is 4.74. The first-order valence-corrected chi connectivity index (χ1v) is 10.2. The first kappa shape index (κ1) is 20.8. The Bertz CT molecular complexity index is 918. The average molecular weight is 484 g/mol. The van der Waals surface area contributed by atoms with Gasteiger partial charge in [-0.2, -0.15) is 0 Å². The van der Waals surface area contributed by atoms with E-state index in [1.165, 1.54) is 4.90 Å². The molecular formula is C20H17BrCl2N2O3. The van der Waals surface area contributed by atoms with Gasteiger partial charge in [-0.1, -0.05) is 45.2 Å². The molecule has 1 atom stereocenters. The van der Waals surface area contributed by atoms with Crippen LogP contribution in [-0.4, -0.2) is 30.7 Å². The second-order valence-electron chi connectivity index (χ2n) is 6.45. The largest absolute Gasteiger partial charge is 0.355 e. The Balaban J connectivity index is 1.52. The molecule has 0 bridgehead atoms. The van der Waals surface area contributed by atoms with Crippen LogP contribution in [0.25, 0.3) is 0 Å². The standard InChI is InChI=1S/C20H17BrCl2N2O3/c21-13-4-6-14(7-5-13)25-11-15(18(26)20(25)28)19(27)24-9-1-2-12-3-8-16(22)17(23)10-12/h3-8,10,15H,1-2,9,11H2,(H,24,27). The first-order chi connectivity index (χ1) is 13.4. The number of ketones is 1. The maximum Gasteiger partial charge on any atom is 0.295 e. The van der Waals surface area contributed by atoms with Crippen LogP contribution >= 0.6 is 39.1 Å². The molecule has 146 valence electrons. The fourth-order valence-corrected chi connectivity index (χ4v) is 3.58. The number of rotatable bonds is 6. The van der Waals surface area contributed by atoms with Gasteiger partial charge in [0.05, 0.1) is 10.0 Å². The molecule has 1 aliphatic rings. The van der Waals surface area contributed by atoms with Crippen LogP contribution in [0.1, 0.15) is 12.0 Å². The molecule has 0 radical (unpaired) electrons. The molecule has 2 aromatic rings. The molecule has 0 saturated carbocycles. The summed E-state index contributed by atoms with van der Waals surface area (Å²) in [4.78, 5) is 38.2. The molecule has 5 nitrogen and oxygen atoms in total. The van der Waals surface area contributed by atoms with Crippen molar-refractivity contribution in [2.24, 2.45) is 5.92 Å². The Kier molecular flexibility index (Phi) is 6.75. The highest BCUT2D eigenvalue weighted by atomic mass is 79.9. The summed E-state index contributed by atoms with van der Waals surface area (Å²) in [6.07, 6.45) is 1.38. The number of hydrogen-bond donors (Lipinski definition) is 1. The normalized spacial score (nSPS) is 16.5. The molecular weight excluding hydrogens is 467 g/mol. The third-order valence-corrected chi connectivity index (χ3v) is 5.79. The second-order valence-corrected chi connectivity index (χ2v) is 8.18. The van der Waals surface area contributed by atoms with E-state index < -0.39 is 23.5 Å². The Hall–Kier alpha value is -1.89. The molecule has 1 aliphatic heterocycles. The van der Waals surface area contributed by atoms with Gasteiger partial charge < -0.3 is 10.2 Å². The van der Waals surface area contributed by atoms with Gasteiger partial charge in [-0.3, -0.25) is 14.4 Å². The van der Waals surface area contributed by atoms with Gasteiger partial charge in [0, 0.05) is 23.2 Å². The summed E-state index contributed by atoms with van der Waals surface area (Å²) in [5.74, 6) is -2.74. The molecule has 8 heteroatoms. The van der Waals surface area contributed by atoms with Crippen molar-refractivity contribution in [1.82, 2.24) is 5.32 Å². The number of hydrogen-bond acceptors (Lipinski definition) is 3. The van der Waals surface area contributed by atoms with E-state index in [0.29, 0.717) is 35.1 Å². The van der Waals surface area contributed by atoms with E-state index >= 15 is 0 Å². The van der Waals surface area contributed by atoms with E-state index in [0.717, 1.165) is 10.0 Å². The molecule has 0 spiro atoms. The second kappa shape index (κ2) is 9.07. The number of amides is 2. The highest BCUT2D eigenvalue weighted by Gasteiger charge is 2.43. The zero-order valence-electron chi connectivity index (χ0n) is 14.8. The van der Waals surface area contributed by atoms with E-state index in [2.05, 4.69) is 21.2 Å². The average Bonchev–Trinajstić information content (AvgIpc) is 2.97. The topological polar surface area (TPSA) is 66.5 Å². The van der Waals surface area contributed by atoms with Crippen molar-refractivity contribution < 1.29 is 14.4 Å². The number of halogens is 3. The molecule has 0 aromatic heterocycles. The lowest BCUT2D eigenvalue weighted by molar-refractivity contribution is -0.139. The number of Topliss-reactive ketones (excluding diaryl/α,β-unsaturated/α-hetero) is 1. The number of nitrogens with zero attached hydrogens (tertiary/aromatic N) is 1. The maximum absolute atomic E-state index is 12.4. The van der Waals surface area contributed by atoms with Crippen molar-refractivity contribution in [3.05, 3.63) is 62.5 Å². The summed E-state index contributed by atoms with van der Waals surface area (Å²) in [5, 5.41) is 3.74. The quantitative estimate of drug-likeness (QED) is 0.383. The van der Waals surface area contributed by atoms with Gasteiger partial charge in [0.2, 0.25) is 11.7 Å². The number of carbonyl (C=O) groups is 3. The number of aryl methyl sites for hydroxylation is 1. The highest BCUT2D eigenvalue weighted by Crippen LogP contribution is 2.25.